The molecule has 0 N–H and O–H groups in total. The zero-order valence-corrected chi connectivity index (χ0v) is 8.46. The summed E-state index contributed by atoms with van der Waals surface area (Å²) in [5.41, 5.74) is 0. The molecule has 1 saturated carbocycles. The van der Waals surface area contributed by atoms with E-state index in [4.69, 9.17) is 4.74 Å². The van der Waals surface area contributed by atoms with E-state index >= 15 is 0 Å². The van der Waals surface area contributed by atoms with Gasteiger partial charge in [0, 0.05) is 5.92 Å². The topological polar surface area (TPSA) is 21.6 Å². The number of hydrogen-bond acceptors (Lipinski definition) is 2. The van der Waals surface area contributed by atoms with Gasteiger partial charge in [-0.1, -0.05) is 26.2 Å². The predicted octanol–water partition coefficient (Wildman–Crippen LogP) is 2.77. The quantitative estimate of drug-likeness (QED) is 0.642. The van der Waals surface area contributed by atoms with E-state index in [1.54, 1.807) is 0 Å². The largest absolute Gasteiger partial charge is 0.476 e. The summed E-state index contributed by atoms with van der Waals surface area (Å²) in [5.74, 6) is 1.73. The van der Waals surface area contributed by atoms with Crippen LogP contribution in [0.4, 0.5) is 0 Å². The molecular formula is C11H19NO. The molecule has 2 rings (SSSR count). The first-order valence-electron chi connectivity index (χ1n) is 5.61. The fourth-order valence-electron chi connectivity index (χ4n) is 2.22. The average molecular weight is 181 g/mol. The van der Waals surface area contributed by atoms with Crippen molar-refractivity contribution in [3.8, 4) is 0 Å². The minimum Gasteiger partial charge on any atom is -0.476 e. The minimum absolute atomic E-state index is 0.386. The van der Waals surface area contributed by atoms with Crippen LogP contribution in [0, 0.1) is 5.92 Å². The van der Waals surface area contributed by atoms with E-state index < -0.39 is 0 Å². The second-order valence-corrected chi connectivity index (χ2v) is 4.16. The van der Waals surface area contributed by atoms with Crippen LogP contribution >= 0.6 is 0 Å². The number of nitrogens with zero attached hydrogens (tertiary/aromatic N) is 1. The Labute approximate surface area is 80.4 Å². The van der Waals surface area contributed by atoms with E-state index in [0.29, 0.717) is 12.0 Å². The lowest BCUT2D eigenvalue weighted by atomic mass is 9.89. The summed E-state index contributed by atoms with van der Waals surface area (Å²) in [6, 6.07) is 0. The van der Waals surface area contributed by atoms with Gasteiger partial charge in [-0.05, 0) is 19.3 Å². The Hall–Kier alpha value is -0.530. The smallest absolute Gasteiger partial charge is 0.186 e. The van der Waals surface area contributed by atoms with Gasteiger partial charge in [-0.3, -0.25) is 4.99 Å². The molecule has 1 aliphatic carbocycles. The summed E-state index contributed by atoms with van der Waals surface area (Å²) < 4.78 is 5.80. The van der Waals surface area contributed by atoms with E-state index in [1.807, 2.05) is 0 Å². The van der Waals surface area contributed by atoms with Crippen LogP contribution in [-0.2, 0) is 4.74 Å². The fourth-order valence-corrected chi connectivity index (χ4v) is 2.22. The minimum atomic E-state index is 0.386. The molecule has 1 atom stereocenters. The van der Waals surface area contributed by atoms with Crippen LogP contribution in [-0.4, -0.2) is 18.5 Å². The van der Waals surface area contributed by atoms with Gasteiger partial charge < -0.3 is 4.74 Å². The second-order valence-electron chi connectivity index (χ2n) is 4.16. The first-order valence-corrected chi connectivity index (χ1v) is 5.61. The molecule has 1 heterocycles. The Balaban J connectivity index is 1.87. The van der Waals surface area contributed by atoms with Crippen LogP contribution in [0.3, 0.4) is 0 Å². The van der Waals surface area contributed by atoms with Crippen LogP contribution in [0.2, 0.25) is 0 Å². The normalized spacial score (nSPS) is 29.9. The maximum Gasteiger partial charge on any atom is 0.186 e. The maximum atomic E-state index is 5.80. The third-order valence-electron chi connectivity index (χ3n) is 3.15. The third kappa shape index (κ3) is 2.04. The van der Waals surface area contributed by atoms with Crippen molar-refractivity contribution >= 4 is 5.90 Å². The molecule has 0 spiro atoms. The molecule has 0 aromatic carbocycles. The predicted molar refractivity (Wildman–Crippen MR) is 54.0 cm³/mol. The lowest BCUT2D eigenvalue weighted by molar-refractivity contribution is 0.199. The summed E-state index contributed by atoms with van der Waals surface area (Å²) in [4.78, 5) is 4.51. The lowest BCUT2D eigenvalue weighted by Crippen LogP contribution is -2.20. The van der Waals surface area contributed by atoms with Gasteiger partial charge in [0.2, 0.25) is 0 Å². The third-order valence-corrected chi connectivity index (χ3v) is 3.15. The van der Waals surface area contributed by atoms with Crippen molar-refractivity contribution < 1.29 is 4.74 Å². The van der Waals surface area contributed by atoms with Crippen LogP contribution in [0.25, 0.3) is 0 Å². The molecular weight excluding hydrogens is 162 g/mol. The first-order chi connectivity index (χ1) is 6.40. The van der Waals surface area contributed by atoms with E-state index in [2.05, 4.69) is 11.9 Å². The average Bonchev–Trinajstić information content (AvgIpc) is 2.67. The van der Waals surface area contributed by atoms with Crippen molar-refractivity contribution in [3.05, 3.63) is 0 Å². The van der Waals surface area contributed by atoms with Crippen molar-refractivity contribution in [2.75, 3.05) is 6.54 Å². The van der Waals surface area contributed by atoms with Gasteiger partial charge in [0.05, 0.1) is 6.54 Å². The van der Waals surface area contributed by atoms with E-state index in [9.17, 15) is 0 Å². The molecule has 1 aliphatic heterocycles. The molecule has 0 aromatic rings. The Bertz CT molecular complexity index is 194. The van der Waals surface area contributed by atoms with Gasteiger partial charge in [-0.2, -0.15) is 0 Å². The highest BCUT2D eigenvalue weighted by molar-refractivity contribution is 5.80. The van der Waals surface area contributed by atoms with Crippen molar-refractivity contribution in [2.24, 2.45) is 10.9 Å². The lowest BCUT2D eigenvalue weighted by Gasteiger charge is -2.21. The van der Waals surface area contributed by atoms with Crippen molar-refractivity contribution in [1.29, 1.82) is 0 Å². The Morgan fingerprint density at radius 3 is 2.69 bits per heavy atom. The number of aliphatic imine (C=N–C) groups is 1. The van der Waals surface area contributed by atoms with E-state index in [1.165, 1.54) is 32.1 Å². The highest BCUT2D eigenvalue weighted by atomic mass is 16.5. The van der Waals surface area contributed by atoms with Crippen molar-refractivity contribution in [2.45, 2.75) is 51.6 Å². The molecule has 0 saturated heterocycles. The van der Waals surface area contributed by atoms with E-state index in [0.717, 1.165) is 18.9 Å². The standard InChI is InChI=1S/C11H19NO/c1-2-10-8-12-11(13-10)9-6-4-3-5-7-9/h9-10H,2-8H2,1H3. The molecule has 2 nitrogen and oxygen atoms in total. The van der Waals surface area contributed by atoms with Gasteiger partial charge in [0.1, 0.15) is 6.10 Å². The monoisotopic (exact) mass is 181 g/mol. The molecule has 2 aliphatic rings. The number of hydrogen-bond donors (Lipinski definition) is 0. The molecule has 1 unspecified atom stereocenters. The molecule has 13 heavy (non-hydrogen) atoms. The summed E-state index contributed by atoms with van der Waals surface area (Å²) in [5, 5.41) is 0. The van der Waals surface area contributed by atoms with Crippen LogP contribution in [0.15, 0.2) is 4.99 Å². The summed E-state index contributed by atoms with van der Waals surface area (Å²) in [6.07, 6.45) is 8.22. The van der Waals surface area contributed by atoms with Crippen LogP contribution < -0.4 is 0 Å². The molecule has 1 fully saturated rings. The second kappa shape index (κ2) is 4.12. The summed E-state index contributed by atoms with van der Waals surface area (Å²) in [7, 11) is 0. The molecule has 0 bridgehead atoms. The van der Waals surface area contributed by atoms with Gasteiger partial charge in [0.15, 0.2) is 5.90 Å². The Morgan fingerprint density at radius 2 is 2.08 bits per heavy atom. The fraction of sp³-hybridized carbons (Fsp3) is 0.909. The SMILES string of the molecule is CCC1CN=C(C2CCCCC2)O1. The molecule has 0 aromatic heterocycles. The molecule has 74 valence electrons. The summed E-state index contributed by atoms with van der Waals surface area (Å²) >= 11 is 0. The summed E-state index contributed by atoms with van der Waals surface area (Å²) in [6.45, 7) is 3.08. The van der Waals surface area contributed by atoms with Gasteiger partial charge in [-0.25, -0.2) is 0 Å². The first kappa shape index (κ1) is 9.04. The zero-order valence-electron chi connectivity index (χ0n) is 8.46. The zero-order chi connectivity index (χ0) is 9.10. The molecule has 0 amide bonds. The number of ether oxygens (including phenoxy) is 1. The van der Waals surface area contributed by atoms with Gasteiger partial charge in [-0.15, -0.1) is 0 Å². The molecule has 2 heteroatoms. The van der Waals surface area contributed by atoms with Gasteiger partial charge >= 0.3 is 0 Å². The van der Waals surface area contributed by atoms with Crippen molar-refractivity contribution in [1.82, 2.24) is 0 Å². The maximum absolute atomic E-state index is 5.80. The highest BCUT2D eigenvalue weighted by Crippen LogP contribution is 2.27. The van der Waals surface area contributed by atoms with Crippen LogP contribution in [0.1, 0.15) is 45.4 Å². The number of rotatable bonds is 2. The van der Waals surface area contributed by atoms with E-state index in [-0.39, 0.29) is 0 Å². The van der Waals surface area contributed by atoms with Crippen LogP contribution in [0.5, 0.6) is 0 Å². The van der Waals surface area contributed by atoms with Crippen molar-refractivity contribution in [3.63, 3.8) is 0 Å². The Morgan fingerprint density at radius 1 is 1.31 bits per heavy atom. The Kier molecular flexibility index (Phi) is 2.87. The molecule has 0 radical (unpaired) electrons. The highest BCUT2D eigenvalue weighted by Gasteiger charge is 2.26. The van der Waals surface area contributed by atoms with Gasteiger partial charge in [0.25, 0.3) is 0 Å².